The standard InChI is InChI=1S/C21H29N9O3S/c1-27-17(13-28-4-6-29(7-5-28)14-34(31)32)24-18-20(27)25-19(15-2-3-16(22)23-12-15)26-21(18)30-8-10-33-11-9-30/h2-3,12H,4-11,13-14H2,1H3,(H2,22,23)(H,31,32). The molecule has 182 valence electrons. The van der Waals surface area contributed by atoms with E-state index in [1.54, 1.807) is 12.3 Å². The minimum Gasteiger partial charge on any atom is -0.384 e. The Labute approximate surface area is 200 Å². The molecular formula is C21H29N9O3S. The van der Waals surface area contributed by atoms with Crippen LogP contribution in [0.5, 0.6) is 0 Å². The number of hydrogen-bond donors (Lipinski definition) is 2. The van der Waals surface area contributed by atoms with Gasteiger partial charge in [-0.1, -0.05) is 0 Å². The van der Waals surface area contributed by atoms with E-state index in [1.165, 1.54) is 0 Å². The van der Waals surface area contributed by atoms with Gasteiger partial charge in [-0.25, -0.2) is 24.1 Å². The fraction of sp³-hybridized carbons (Fsp3) is 0.524. The number of ether oxygens (including phenoxy) is 1. The first-order valence-corrected chi connectivity index (χ1v) is 12.6. The summed E-state index contributed by atoms with van der Waals surface area (Å²) in [7, 11) is 1.98. The predicted molar refractivity (Wildman–Crippen MR) is 129 cm³/mol. The van der Waals surface area contributed by atoms with Gasteiger partial charge in [0.2, 0.25) is 0 Å². The van der Waals surface area contributed by atoms with Crippen LogP contribution in [0.1, 0.15) is 5.82 Å². The average molecular weight is 488 g/mol. The lowest BCUT2D eigenvalue weighted by Gasteiger charge is -2.33. The van der Waals surface area contributed by atoms with E-state index in [0.717, 1.165) is 67.6 Å². The monoisotopic (exact) mass is 487 g/mol. The van der Waals surface area contributed by atoms with Crippen molar-refractivity contribution in [1.29, 1.82) is 0 Å². The third-order valence-corrected chi connectivity index (χ3v) is 6.86. The van der Waals surface area contributed by atoms with Gasteiger partial charge in [0, 0.05) is 58.1 Å². The summed E-state index contributed by atoms with van der Waals surface area (Å²) in [5.74, 6) is 2.94. The van der Waals surface area contributed by atoms with E-state index in [4.69, 9.17) is 30.0 Å². The van der Waals surface area contributed by atoms with E-state index >= 15 is 0 Å². The van der Waals surface area contributed by atoms with E-state index < -0.39 is 11.1 Å². The predicted octanol–water partition coefficient (Wildman–Crippen LogP) is 0.141. The molecule has 0 saturated carbocycles. The van der Waals surface area contributed by atoms with Gasteiger partial charge in [-0.3, -0.25) is 9.80 Å². The molecule has 2 saturated heterocycles. The van der Waals surface area contributed by atoms with Crippen molar-refractivity contribution in [3.05, 3.63) is 24.2 Å². The van der Waals surface area contributed by atoms with Crippen molar-refractivity contribution in [2.24, 2.45) is 7.05 Å². The smallest absolute Gasteiger partial charge is 0.167 e. The second kappa shape index (κ2) is 9.88. The molecule has 0 spiro atoms. The fourth-order valence-electron chi connectivity index (χ4n) is 4.33. The van der Waals surface area contributed by atoms with Gasteiger partial charge < -0.3 is 24.5 Å². The second-order valence-electron chi connectivity index (χ2n) is 8.55. The molecular weight excluding hydrogens is 458 g/mol. The van der Waals surface area contributed by atoms with Gasteiger partial charge in [0.15, 0.2) is 33.9 Å². The highest BCUT2D eigenvalue weighted by Gasteiger charge is 2.24. The SMILES string of the molecule is Cn1c(CN2CCN(CS(=O)O)CC2)nc2c(N3CCOCC3)nc(-c3ccc(N)nc3)nc21. The quantitative estimate of drug-likeness (QED) is 0.459. The molecule has 13 heteroatoms. The molecule has 5 rings (SSSR count). The molecule has 2 aliphatic rings. The maximum atomic E-state index is 11.1. The minimum atomic E-state index is -1.80. The molecule has 1 atom stereocenters. The van der Waals surface area contributed by atoms with Crippen LogP contribution in [0.25, 0.3) is 22.6 Å². The molecule has 0 radical (unpaired) electrons. The fourth-order valence-corrected chi connectivity index (χ4v) is 4.90. The van der Waals surface area contributed by atoms with Crippen molar-refractivity contribution in [2.45, 2.75) is 6.54 Å². The van der Waals surface area contributed by atoms with Crippen molar-refractivity contribution < 1.29 is 13.5 Å². The molecule has 3 aromatic rings. The van der Waals surface area contributed by atoms with Crippen molar-refractivity contribution in [3.8, 4) is 11.4 Å². The molecule has 3 aromatic heterocycles. The molecule has 0 aromatic carbocycles. The number of hydrogen-bond acceptors (Lipinski definition) is 10. The Kier molecular flexibility index (Phi) is 6.70. The number of nitrogens with two attached hydrogens (primary N) is 1. The van der Waals surface area contributed by atoms with Gasteiger partial charge >= 0.3 is 0 Å². The lowest BCUT2D eigenvalue weighted by Crippen LogP contribution is -2.46. The van der Waals surface area contributed by atoms with Gasteiger partial charge in [-0.15, -0.1) is 0 Å². The van der Waals surface area contributed by atoms with E-state index in [9.17, 15) is 4.21 Å². The van der Waals surface area contributed by atoms with E-state index in [1.807, 2.05) is 22.6 Å². The highest BCUT2D eigenvalue weighted by molar-refractivity contribution is 7.79. The number of morpholine rings is 1. The normalized spacial score (nSPS) is 19.1. The maximum Gasteiger partial charge on any atom is 0.167 e. The Balaban J connectivity index is 1.47. The summed E-state index contributed by atoms with van der Waals surface area (Å²) in [4.78, 5) is 25.4. The maximum absolute atomic E-state index is 11.1. The summed E-state index contributed by atoms with van der Waals surface area (Å²) < 4.78 is 27.8. The van der Waals surface area contributed by atoms with Crippen LogP contribution < -0.4 is 10.6 Å². The largest absolute Gasteiger partial charge is 0.384 e. The zero-order chi connectivity index (χ0) is 23.7. The molecule has 3 N–H and O–H groups in total. The number of imidazole rings is 1. The molecule has 2 aliphatic heterocycles. The second-order valence-corrected chi connectivity index (χ2v) is 9.45. The van der Waals surface area contributed by atoms with Crippen LogP contribution in [-0.4, -0.2) is 101 Å². The number of aryl methyl sites for hydroxylation is 1. The van der Waals surface area contributed by atoms with E-state index in [-0.39, 0.29) is 5.88 Å². The Morgan fingerprint density at radius 1 is 1.06 bits per heavy atom. The third kappa shape index (κ3) is 4.88. The molecule has 5 heterocycles. The third-order valence-electron chi connectivity index (χ3n) is 6.27. The number of nitrogen functional groups attached to an aromatic ring is 1. The Bertz CT molecular complexity index is 1170. The molecule has 12 nitrogen and oxygen atoms in total. The average Bonchev–Trinajstić information content (AvgIpc) is 3.15. The number of fused-ring (bicyclic) bond motifs is 1. The van der Waals surface area contributed by atoms with Crippen molar-refractivity contribution >= 4 is 33.9 Å². The summed E-state index contributed by atoms with van der Waals surface area (Å²) in [6, 6.07) is 3.63. The van der Waals surface area contributed by atoms with E-state index in [0.29, 0.717) is 31.4 Å². The number of pyridine rings is 1. The van der Waals surface area contributed by atoms with Crippen LogP contribution in [-0.2, 0) is 29.4 Å². The van der Waals surface area contributed by atoms with Crippen molar-refractivity contribution in [2.75, 3.05) is 69.0 Å². The van der Waals surface area contributed by atoms with Crippen LogP contribution in [0.4, 0.5) is 11.6 Å². The zero-order valence-corrected chi connectivity index (χ0v) is 19.9. The number of nitrogens with zero attached hydrogens (tertiary/aromatic N) is 8. The molecule has 0 bridgehead atoms. The Hall–Kier alpha value is -2.71. The Morgan fingerprint density at radius 2 is 1.79 bits per heavy atom. The van der Waals surface area contributed by atoms with Crippen LogP contribution >= 0.6 is 0 Å². The zero-order valence-electron chi connectivity index (χ0n) is 19.1. The lowest BCUT2D eigenvalue weighted by molar-refractivity contribution is 0.122. The lowest BCUT2D eigenvalue weighted by atomic mass is 10.2. The molecule has 2 fully saturated rings. The topological polar surface area (TPSA) is 139 Å². The highest BCUT2D eigenvalue weighted by atomic mass is 32.2. The van der Waals surface area contributed by atoms with Gasteiger partial charge in [0.05, 0.1) is 19.8 Å². The molecule has 34 heavy (non-hydrogen) atoms. The van der Waals surface area contributed by atoms with Crippen molar-refractivity contribution in [1.82, 2.24) is 34.3 Å². The molecule has 0 aliphatic carbocycles. The molecule has 1 unspecified atom stereocenters. The summed E-state index contributed by atoms with van der Waals surface area (Å²) in [5, 5.41) is 0. The van der Waals surface area contributed by atoms with Crippen LogP contribution in [0.15, 0.2) is 18.3 Å². The van der Waals surface area contributed by atoms with E-state index in [2.05, 4.69) is 14.8 Å². The van der Waals surface area contributed by atoms with Gasteiger partial charge in [0.1, 0.15) is 17.5 Å². The first kappa shape index (κ1) is 23.1. The first-order chi connectivity index (χ1) is 16.5. The van der Waals surface area contributed by atoms with Gasteiger partial charge in [0.25, 0.3) is 0 Å². The molecule has 0 amide bonds. The van der Waals surface area contributed by atoms with Gasteiger partial charge in [-0.05, 0) is 12.1 Å². The summed E-state index contributed by atoms with van der Waals surface area (Å²) in [5.41, 5.74) is 8.11. The van der Waals surface area contributed by atoms with Crippen LogP contribution in [0.3, 0.4) is 0 Å². The number of aromatic nitrogens is 5. The summed E-state index contributed by atoms with van der Waals surface area (Å²) >= 11 is -1.80. The number of rotatable bonds is 6. The van der Waals surface area contributed by atoms with Gasteiger partial charge in [-0.2, -0.15) is 0 Å². The Morgan fingerprint density at radius 3 is 2.47 bits per heavy atom. The first-order valence-electron chi connectivity index (χ1n) is 11.3. The number of anilines is 2. The highest BCUT2D eigenvalue weighted by Crippen LogP contribution is 2.28. The van der Waals surface area contributed by atoms with Crippen LogP contribution in [0, 0.1) is 0 Å². The summed E-state index contributed by atoms with van der Waals surface area (Å²) in [6.45, 7) is 6.57. The summed E-state index contributed by atoms with van der Waals surface area (Å²) in [6.07, 6.45) is 1.69. The minimum absolute atomic E-state index is 0.196. The van der Waals surface area contributed by atoms with Crippen LogP contribution in [0.2, 0.25) is 0 Å². The number of piperazine rings is 1. The van der Waals surface area contributed by atoms with Crippen molar-refractivity contribution in [3.63, 3.8) is 0 Å².